The molecule has 1 aliphatic heterocycles. The second kappa shape index (κ2) is 4.06. The Hall–Kier alpha value is -1.51. The Morgan fingerprint density at radius 3 is 2.65 bits per heavy atom. The van der Waals surface area contributed by atoms with E-state index in [-0.39, 0.29) is 0 Å². The van der Waals surface area contributed by atoms with Crippen molar-refractivity contribution in [3.63, 3.8) is 0 Å². The Kier molecular flexibility index (Phi) is 2.54. The Morgan fingerprint density at radius 2 is 1.88 bits per heavy atom. The van der Waals surface area contributed by atoms with Gasteiger partial charge in [0.2, 0.25) is 0 Å². The fourth-order valence-corrected chi connectivity index (χ4v) is 2.67. The average Bonchev–Trinajstić information content (AvgIpc) is 2.66. The molecule has 0 atom stereocenters. The zero-order valence-electron chi connectivity index (χ0n) is 10.6. The molecule has 1 aliphatic rings. The van der Waals surface area contributed by atoms with Crippen molar-refractivity contribution in [1.29, 1.82) is 0 Å². The van der Waals surface area contributed by atoms with Crippen LogP contribution in [0.1, 0.15) is 25.0 Å². The van der Waals surface area contributed by atoms with Crippen LogP contribution in [0.3, 0.4) is 0 Å². The molecule has 1 saturated heterocycles. The minimum atomic E-state index is 1.12. The second-order valence-corrected chi connectivity index (χ2v) is 4.96. The van der Waals surface area contributed by atoms with E-state index in [2.05, 4.69) is 35.1 Å². The molecule has 17 heavy (non-hydrogen) atoms. The monoisotopic (exact) mass is 229 g/mol. The standard InChI is InChI=1S/C14H19N3/c1-11-13-7-6-12(10-14(13)15-16(11)2)17-8-4-3-5-9-17/h6-7,10H,3-5,8-9H2,1-2H3. The van der Waals surface area contributed by atoms with Crippen LogP contribution in [-0.4, -0.2) is 22.9 Å². The summed E-state index contributed by atoms with van der Waals surface area (Å²) in [7, 11) is 2.01. The Morgan fingerprint density at radius 1 is 1.12 bits per heavy atom. The lowest BCUT2D eigenvalue weighted by Crippen LogP contribution is -2.29. The van der Waals surface area contributed by atoms with E-state index >= 15 is 0 Å². The molecule has 0 unspecified atom stereocenters. The number of benzene rings is 1. The maximum absolute atomic E-state index is 4.56. The molecule has 3 nitrogen and oxygen atoms in total. The lowest BCUT2D eigenvalue weighted by atomic mass is 10.1. The van der Waals surface area contributed by atoms with Gasteiger partial charge in [-0.25, -0.2) is 0 Å². The number of nitrogens with zero attached hydrogens (tertiary/aromatic N) is 3. The van der Waals surface area contributed by atoms with Gasteiger partial charge in [-0.2, -0.15) is 5.10 Å². The number of hydrogen-bond donors (Lipinski definition) is 0. The Balaban J connectivity index is 2.01. The predicted molar refractivity (Wildman–Crippen MR) is 71.5 cm³/mol. The third-order valence-electron chi connectivity index (χ3n) is 3.84. The first-order valence-corrected chi connectivity index (χ1v) is 6.44. The average molecular weight is 229 g/mol. The van der Waals surface area contributed by atoms with Crippen LogP contribution >= 0.6 is 0 Å². The highest BCUT2D eigenvalue weighted by Crippen LogP contribution is 2.25. The van der Waals surface area contributed by atoms with Crippen LogP contribution in [0.5, 0.6) is 0 Å². The molecule has 3 heteroatoms. The number of fused-ring (bicyclic) bond motifs is 1. The maximum atomic E-state index is 4.56. The zero-order valence-corrected chi connectivity index (χ0v) is 10.6. The van der Waals surface area contributed by atoms with Gasteiger partial charge in [-0.3, -0.25) is 4.68 Å². The molecule has 2 aromatic rings. The highest BCUT2D eigenvalue weighted by Gasteiger charge is 2.12. The van der Waals surface area contributed by atoms with Crippen LogP contribution in [0.4, 0.5) is 5.69 Å². The zero-order chi connectivity index (χ0) is 11.8. The van der Waals surface area contributed by atoms with Gasteiger partial charge in [0.1, 0.15) is 0 Å². The molecule has 0 saturated carbocycles. The van der Waals surface area contributed by atoms with Crippen molar-refractivity contribution in [3.05, 3.63) is 23.9 Å². The van der Waals surface area contributed by atoms with E-state index < -0.39 is 0 Å². The van der Waals surface area contributed by atoms with E-state index in [1.807, 2.05) is 11.7 Å². The Labute approximate surface area is 102 Å². The maximum Gasteiger partial charge on any atom is 0.0946 e. The first kappa shape index (κ1) is 10.6. The van der Waals surface area contributed by atoms with E-state index in [0.29, 0.717) is 0 Å². The van der Waals surface area contributed by atoms with E-state index in [4.69, 9.17) is 0 Å². The van der Waals surface area contributed by atoms with Crippen LogP contribution in [0.15, 0.2) is 18.2 Å². The van der Waals surface area contributed by atoms with Crippen molar-refractivity contribution in [3.8, 4) is 0 Å². The predicted octanol–water partition coefficient (Wildman–Crippen LogP) is 2.87. The van der Waals surface area contributed by atoms with Crippen LogP contribution < -0.4 is 4.90 Å². The first-order chi connectivity index (χ1) is 8.25. The van der Waals surface area contributed by atoms with Crippen molar-refractivity contribution >= 4 is 16.6 Å². The SMILES string of the molecule is Cc1c2ccc(N3CCCCC3)cc2nn1C. The first-order valence-electron chi connectivity index (χ1n) is 6.44. The van der Waals surface area contributed by atoms with E-state index in [1.165, 1.54) is 49.1 Å². The van der Waals surface area contributed by atoms with E-state index in [1.54, 1.807) is 0 Å². The van der Waals surface area contributed by atoms with Crippen LogP contribution in [0, 0.1) is 6.92 Å². The van der Waals surface area contributed by atoms with Gasteiger partial charge in [-0.1, -0.05) is 0 Å². The molecule has 1 aromatic carbocycles. The van der Waals surface area contributed by atoms with Crippen molar-refractivity contribution < 1.29 is 0 Å². The molecular formula is C14H19N3. The van der Waals surface area contributed by atoms with Crippen LogP contribution in [0.2, 0.25) is 0 Å². The van der Waals surface area contributed by atoms with Gasteiger partial charge in [0.15, 0.2) is 0 Å². The molecule has 0 radical (unpaired) electrons. The summed E-state index contributed by atoms with van der Waals surface area (Å²) in [6.07, 6.45) is 4.01. The molecule has 0 bridgehead atoms. The Bertz CT molecular complexity index is 536. The molecule has 0 aliphatic carbocycles. The molecule has 1 fully saturated rings. The number of hydrogen-bond acceptors (Lipinski definition) is 2. The summed E-state index contributed by atoms with van der Waals surface area (Å²) >= 11 is 0. The minimum Gasteiger partial charge on any atom is -0.371 e. The summed E-state index contributed by atoms with van der Waals surface area (Å²) < 4.78 is 1.96. The van der Waals surface area contributed by atoms with Crippen LogP contribution in [-0.2, 0) is 7.05 Å². The van der Waals surface area contributed by atoms with Crippen molar-refractivity contribution in [2.75, 3.05) is 18.0 Å². The molecule has 0 N–H and O–H groups in total. The summed E-state index contributed by atoms with van der Waals surface area (Å²) in [6, 6.07) is 6.68. The summed E-state index contributed by atoms with van der Waals surface area (Å²) in [5.74, 6) is 0. The smallest absolute Gasteiger partial charge is 0.0946 e. The molecule has 1 aromatic heterocycles. The highest BCUT2D eigenvalue weighted by atomic mass is 15.3. The topological polar surface area (TPSA) is 21.1 Å². The largest absolute Gasteiger partial charge is 0.371 e. The molecule has 90 valence electrons. The third kappa shape index (κ3) is 1.79. The van der Waals surface area contributed by atoms with Gasteiger partial charge < -0.3 is 4.90 Å². The number of piperidine rings is 1. The highest BCUT2D eigenvalue weighted by molar-refractivity contribution is 5.84. The summed E-state index contributed by atoms with van der Waals surface area (Å²) in [5.41, 5.74) is 3.69. The fourth-order valence-electron chi connectivity index (χ4n) is 2.67. The lowest BCUT2D eigenvalue weighted by Gasteiger charge is -2.28. The number of rotatable bonds is 1. The van der Waals surface area contributed by atoms with Crippen molar-refractivity contribution in [2.45, 2.75) is 26.2 Å². The van der Waals surface area contributed by atoms with E-state index in [9.17, 15) is 0 Å². The van der Waals surface area contributed by atoms with Gasteiger partial charge in [0.25, 0.3) is 0 Å². The molecule has 2 heterocycles. The quantitative estimate of drug-likeness (QED) is 0.749. The molecule has 3 rings (SSSR count). The van der Waals surface area contributed by atoms with Crippen molar-refractivity contribution in [2.24, 2.45) is 7.05 Å². The normalized spacial score (nSPS) is 16.7. The third-order valence-corrected chi connectivity index (χ3v) is 3.84. The number of anilines is 1. The minimum absolute atomic E-state index is 1.12. The summed E-state index contributed by atoms with van der Waals surface area (Å²) in [6.45, 7) is 4.50. The second-order valence-electron chi connectivity index (χ2n) is 4.96. The molecular weight excluding hydrogens is 210 g/mol. The lowest BCUT2D eigenvalue weighted by molar-refractivity contribution is 0.578. The fraction of sp³-hybridized carbons (Fsp3) is 0.500. The number of aromatic nitrogens is 2. The number of aryl methyl sites for hydroxylation is 2. The van der Waals surface area contributed by atoms with Gasteiger partial charge in [0.05, 0.1) is 5.52 Å². The van der Waals surface area contributed by atoms with Gasteiger partial charge in [-0.05, 0) is 44.4 Å². The van der Waals surface area contributed by atoms with E-state index in [0.717, 1.165) is 5.52 Å². The summed E-state index contributed by atoms with van der Waals surface area (Å²) in [5, 5.41) is 5.83. The van der Waals surface area contributed by atoms with Gasteiger partial charge in [-0.15, -0.1) is 0 Å². The molecule has 0 spiro atoms. The van der Waals surface area contributed by atoms with Gasteiger partial charge >= 0.3 is 0 Å². The van der Waals surface area contributed by atoms with Crippen molar-refractivity contribution in [1.82, 2.24) is 9.78 Å². The molecule has 0 amide bonds. The van der Waals surface area contributed by atoms with Gasteiger partial charge in [0, 0.05) is 36.9 Å². The van der Waals surface area contributed by atoms with Crippen LogP contribution in [0.25, 0.3) is 10.9 Å². The summed E-state index contributed by atoms with van der Waals surface area (Å²) in [4.78, 5) is 2.48.